The Morgan fingerprint density at radius 2 is 1.94 bits per heavy atom. The lowest BCUT2D eigenvalue weighted by molar-refractivity contribution is -0.126. The highest BCUT2D eigenvalue weighted by atomic mass is 16.3. The molecule has 2 saturated carbocycles. The second-order valence-electron chi connectivity index (χ2n) is 5.40. The Kier molecular flexibility index (Phi) is 4.22. The lowest BCUT2D eigenvalue weighted by atomic mass is 9.85. The van der Waals surface area contributed by atoms with Crippen molar-refractivity contribution in [2.75, 3.05) is 13.2 Å². The molecule has 0 aromatic heterocycles. The molecular weight excluding hydrogens is 232 g/mol. The third kappa shape index (κ3) is 2.66. The van der Waals surface area contributed by atoms with Gasteiger partial charge in [-0.1, -0.05) is 6.92 Å². The first-order chi connectivity index (χ1) is 8.65. The first-order valence-electron chi connectivity index (χ1n) is 6.82. The molecule has 0 aromatic rings. The van der Waals surface area contributed by atoms with Crippen LogP contribution in [0.3, 0.4) is 0 Å². The molecule has 2 fully saturated rings. The molecule has 4 atom stereocenters. The SMILES string of the molecule is CCC(=O)NCC(=O)NC1C2CCC(C2)C1CO. The van der Waals surface area contributed by atoms with Gasteiger partial charge in [0.05, 0.1) is 6.54 Å². The fraction of sp³-hybridized carbons (Fsp3) is 0.846. The zero-order chi connectivity index (χ0) is 13.1. The summed E-state index contributed by atoms with van der Waals surface area (Å²) in [6.07, 6.45) is 3.83. The summed E-state index contributed by atoms with van der Waals surface area (Å²) < 4.78 is 0. The Morgan fingerprint density at radius 3 is 2.61 bits per heavy atom. The number of aliphatic hydroxyl groups excluding tert-OH is 1. The summed E-state index contributed by atoms with van der Waals surface area (Å²) in [6.45, 7) is 1.94. The van der Waals surface area contributed by atoms with Gasteiger partial charge in [0.15, 0.2) is 0 Å². The van der Waals surface area contributed by atoms with E-state index >= 15 is 0 Å². The van der Waals surface area contributed by atoms with Crippen LogP contribution >= 0.6 is 0 Å². The van der Waals surface area contributed by atoms with Crippen LogP contribution in [0, 0.1) is 17.8 Å². The van der Waals surface area contributed by atoms with Crippen molar-refractivity contribution in [1.29, 1.82) is 0 Å². The zero-order valence-corrected chi connectivity index (χ0v) is 10.8. The maximum atomic E-state index is 11.7. The van der Waals surface area contributed by atoms with Gasteiger partial charge in [0.2, 0.25) is 11.8 Å². The number of hydrogen-bond acceptors (Lipinski definition) is 3. The van der Waals surface area contributed by atoms with Crippen LogP contribution < -0.4 is 10.6 Å². The molecule has 0 heterocycles. The Hall–Kier alpha value is -1.10. The van der Waals surface area contributed by atoms with Gasteiger partial charge in [-0.2, -0.15) is 0 Å². The predicted molar refractivity (Wildman–Crippen MR) is 66.6 cm³/mol. The van der Waals surface area contributed by atoms with E-state index in [9.17, 15) is 14.7 Å². The number of amides is 2. The Balaban J connectivity index is 1.81. The number of hydrogen-bond donors (Lipinski definition) is 3. The van der Waals surface area contributed by atoms with E-state index in [4.69, 9.17) is 0 Å². The molecule has 102 valence electrons. The Bertz CT molecular complexity index is 332. The third-order valence-corrected chi connectivity index (χ3v) is 4.39. The van der Waals surface area contributed by atoms with Crippen molar-refractivity contribution in [1.82, 2.24) is 10.6 Å². The fourth-order valence-corrected chi connectivity index (χ4v) is 3.44. The number of carbonyl (C=O) groups excluding carboxylic acids is 2. The minimum atomic E-state index is -0.146. The number of nitrogens with one attached hydrogen (secondary N) is 2. The average molecular weight is 254 g/mol. The number of carbonyl (C=O) groups is 2. The van der Waals surface area contributed by atoms with Crippen molar-refractivity contribution in [3.8, 4) is 0 Å². The summed E-state index contributed by atoms with van der Waals surface area (Å²) in [5, 5.41) is 15.0. The Morgan fingerprint density at radius 1 is 1.22 bits per heavy atom. The first-order valence-corrected chi connectivity index (χ1v) is 6.82. The van der Waals surface area contributed by atoms with Crippen molar-refractivity contribution < 1.29 is 14.7 Å². The van der Waals surface area contributed by atoms with E-state index in [1.54, 1.807) is 6.92 Å². The van der Waals surface area contributed by atoms with E-state index < -0.39 is 0 Å². The normalized spacial score (nSPS) is 33.4. The quantitative estimate of drug-likeness (QED) is 0.648. The summed E-state index contributed by atoms with van der Waals surface area (Å²) in [6, 6.07) is 0.0970. The van der Waals surface area contributed by atoms with Gasteiger partial charge < -0.3 is 15.7 Å². The topological polar surface area (TPSA) is 78.4 Å². The minimum absolute atomic E-state index is 0.0404. The molecule has 5 nitrogen and oxygen atoms in total. The fourth-order valence-electron chi connectivity index (χ4n) is 3.44. The van der Waals surface area contributed by atoms with Crippen LogP contribution in [0.25, 0.3) is 0 Å². The molecule has 2 aliphatic rings. The minimum Gasteiger partial charge on any atom is -0.396 e. The van der Waals surface area contributed by atoms with E-state index in [2.05, 4.69) is 10.6 Å². The second-order valence-corrected chi connectivity index (χ2v) is 5.40. The van der Waals surface area contributed by atoms with Crippen LogP contribution in [0.4, 0.5) is 0 Å². The Labute approximate surface area is 107 Å². The van der Waals surface area contributed by atoms with E-state index in [1.807, 2.05) is 0 Å². The molecule has 2 aliphatic carbocycles. The van der Waals surface area contributed by atoms with Gasteiger partial charge in [-0.25, -0.2) is 0 Å². The van der Waals surface area contributed by atoms with Gasteiger partial charge in [0.25, 0.3) is 0 Å². The van der Waals surface area contributed by atoms with Crippen molar-refractivity contribution in [2.45, 2.75) is 38.6 Å². The van der Waals surface area contributed by atoms with Gasteiger partial charge >= 0.3 is 0 Å². The van der Waals surface area contributed by atoms with Crippen LogP contribution in [-0.2, 0) is 9.59 Å². The second kappa shape index (κ2) is 5.69. The molecule has 0 aromatic carbocycles. The molecular formula is C13H22N2O3. The standard InChI is InChI=1S/C13H22N2O3/c1-2-11(17)14-6-12(18)15-13-9-4-3-8(5-9)10(13)7-16/h8-10,13,16H,2-7H2,1H3,(H,14,17)(H,15,18). The lowest BCUT2D eigenvalue weighted by Gasteiger charge is -2.30. The van der Waals surface area contributed by atoms with Crippen LogP contribution in [0.5, 0.6) is 0 Å². The lowest BCUT2D eigenvalue weighted by Crippen LogP contribution is -2.48. The molecule has 18 heavy (non-hydrogen) atoms. The summed E-state index contributed by atoms with van der Waals surface area (Å²) in [5.41, 5.74) is 0. The van der Waals surface area contributed by atoms with Gasteiger partial charge in [0, 0.05) is 25.0 Å². The van der Waals surface area contributed by atoms with Crippen molar-refractivity contribution in [3.63, 3.8) is 0 Å². The summed E-state index contributed by atoms with van der Waals surface area (Å²) in [4.78, 5) is 22.8. The summed E-state index contributed by atoms with van der Waals surface area (Å²) >= 11 is 0. The van der Waals surface area contributed by atoms with Crippen molar-refractivity contribution in [2.24, 2.45) is 17.8 Å². The zero-order valence-electron chi connectivity index (χ0n) is 10.8. The monoisotopic (exact) mass is 254 g/mol. The molecule has 0 spiro atoms. The van der Waals surface area contributed by atoms with Gasteiger partial charge in [-0.3, -0.25) is 9.59 Å². The number of aliphatic hydroxyl groups is 1. The van der Waals surface area contributed by atoms with Crippen LogP contribution in [0.2, 0.25) is 0 Å². The molecule has 0 radical (unpaired) electrons. The van der Waals surface area contributed by atoms with E-state index in [1.165, 1.54) is 6.42 Å². The molecule has 2 bridgehead atoms. The molecule has 3 N–H and O–H groups in total. The van der Waals surface area contributed by atoms with Gasteiger partial charge in [0.1, 0.15) is 0 Å². The molecule has 2 amide bonds. The highest BCUT2D eigenvalue weighted by Crippen LogP contribution is 2.48. The van der Waals surface area contributed by atoms with Crippen LogP contribution in [0.1, 0.15) is 32.6 Å². The van der Waals surface area contributed by atoms with Gasteiger partial charge in [-0.15, -0.1) is 0 Å². The van der Waals surface area contributed by atoms with E-state index in [-0.39, 0.29) is 36.9 Å². The predicted octanol–water partition coefficient (Wildman–Crippen LogP) is 0.0358. The molecule has 5 heteroatoms. The van der Waals surface area contributed by atoms with E-state index in [0.29, 0.717) is 18.3 Å². The first kappa shape index (κ1) is 13.3. The third-order valence-electron chi connectivity index (χ3n) is 4.39. The average Bonchev–Trinajstić information content (AvgIpc) is 2.96. The highest BCUT2D eigenvalue weighted by Gasteiger charge is 2.47. The smallest absolute Gasteiger partial charge is 0.239 e. The number of fused-ring (bicyclic) bond motifs is 2. The number of rotatable bonds is 5. The van der Waals surface area contributed by atoms with Crippen LogP contribution in [0.15, 0.2) is 0 Å². The van der Waals surface area contributed by atoms with Crippen molar-refractivity contribution in [3.05, 3.63) is 0 Å². The van der Waals surface area contributed by atoms with Crippen LogP contribution in [-0.4, -0.2) is 36.1 Å². The summed E-state index contributed by atoms with van der Waals surface area (Å²) in [7, 11) is 0. The molecule has 0 saturated heterocycles. The maximum Gasteiger partial charge on any atom is 0.239 e. The van der Waals surface area contributed by atoms with Gasteiger partial charge in [-0.05, 0) is 31.1 Å². The molecule has 2 rings (SSSR count). The highest BCUT2D eigenvalue weighted by molar-refractivity contribution is 5.84. The molecule has 0 aliphatic heterocycles. The molecule has 4 unspecified atom stereocenters. The van der Waals surface area contributed by atoms with Crippen molar-refractivity contribution >= 4 is 11.8 Å². The maximum absolute atomic E-state index is 11.7. The van der Waals surface area contributed by atoms with E-state index in [0.717, 1.165) is 12.8 Å². The summed E-state index contributed by atoms with van der Waals surface area (Å²) in [5.74, 6) is 1.02. The largest absolute Gasteiger partial charge is 0.396 e.